The van der Waals surface area contributed by atoms with Crippen molar-refractivity contribution in [3.8, 4) is 11.4 Å². The zero-order valence-corrected chi connectivity index (χ0v) is 17.9. The van der Waals surface area contributed by atoms with Gasteiger partial charge in [-0.3, -0.25) is 9.59 Å². The van der Waals surface area contributed by atoms with Gasteiger partial charge in [-0.25, -0.2) is 4.98 Å². The van der Waals surface area contributed by atoms with E-state index in [0.717, 1.165) is 60.6 Å². The van der Waals surface area contributed by atoms with Crippen LogP contribution in [-0.2, 0) is 22.6 Å². The molecule has 0 amide bonds. The van der Waals surface area contributed by atoms with Gasteiger partial charge in [0.25, 0.3) is 5.56 Å². The maximum absolute atomic E-state index is 11.9. The lowest BCUT2D eigenvalue weighted by Gasteiger charge is -2.23. The molecule has 2 aromatic heterocycles. The van der Waals surface area contributed by atoms with Crippen molar-refractivity contribution in [1.82, 2.24) is 19.9 Å². The van der Waals surface area contributed by atoms with Gasteiger partial charge < -0.3 is 24.7 Å². The number of fused-ring (bicyclic) bond motifs is 1. The second-order valence-electron chi connectivity index (χ2n) is 8.27. The van der Waals surface area contributed by atoms with Gasteiger partial charge in [-0.1, -0.05) is 6.07 Å². The first-order valence-corrected chi connectivity index (χ1v) is 10.6. The third kappa shape index (κ3) is 4.70. The second-order valence-corrected chi connectivity index (χ2v) is 8.27. The molecule has 0 radical (unpaired) electrons. The first kappa shape index (κ1) is 21.3. The molecule has 0 spiro atoms. The topological polar surface area (TPSA) is 109 Å². The molecule has 4 rings (SSSR count). The molecule has 1 aliphatic heterocycles. The molecule has 0 bridgehead atoms. The summed E-state index contributed by atoms with van der Waals surface area (Å²) in [5.74, 6) is 0.453. The van der Waals surface area contributed by atoms with Gasteiger partial charge in [-0.15, -0.1) is 0 Å². The summed E-state index contributed by atoms with van der Waals surface area (Å²) in [6.07, 6.45) is 3.74. The van der Waals surface area contributed by atoms with Crippen LogP contribution in [0, 0.1) is 12.8 Å². The number of nitrogens with one attached hydrogen (secondary N) is 2. The largest absolute Gasteiger partial charge is 0.480 e. The molecule has 8 heteroatoms. The fraction of sp³-hybridized carbons (Fsp3) is 0.435. The number of rotatable bonds is 7. The second kappa shape index (κ2) is 9.03. The van der Waals surface area contributed by atoms with Gasteiger partial charge in [-0.2, -0.15) is 0 Å². The zero-order valence-electron chi connectivity index (χ0n) is 17.9. The monoisotopic (exact) mass is 424 g/mol. The molecule has 164 valence electrons. The number of aromatic nitrogens is 3. The Morgan fingerprint density at radius 2 is 2.13 bits per heavy atom. The molecule has 1 saturated heterocycles. The highest BCUT2D eigenvalue weighted by Crippen LogP contribution is 2.28. The number of hydrogen-bond donors (Lipinski definition) is 3. The van der Waals surface area contributed by atoms with Crippen molar-refractivity contribution in [2.24, 2.45) is 5.92 Å². The normalized spacial score (nSPS) is 15.9. The summed E-state index contributed by atoms with van der Waals surface area (Å²) < 4.78 is 7.75. The summed E-state index contributed by atoms with van der Waals surface area (Å²) in [7, 11) is 0. The Bertz CT molecular complexity index is 1140. The van der Waals surface area contributed by atoms with Gasteiger partial charge in [0.1, 0.15) is 11.9 Å². The lowest BCUT2D eigenvalue weighted by atomic mass is 10.00. The molecule has 0 saturated carbocycles. The number of hydrogen-bond acceptors (Lipinski definition) is 5. The van der Waals surface area contributed by atoms with Gasteiger partial charge in [-0.05, 0) is 56.4 Å². The van der Waals surface area contributed by atoms with Crippen LogP contribution in [0.1, 0.15) is 30.9 Å². The minimum atomic E-state index is -0.877. The van der Waals surface area contributed by atoms with Crippen LogP contribution >= 0.6 is 0 Å². The molecule has 1 fully saturated rings. The number of ether oxygens (including phenoxy) is 1. The van der Waals surface area contributed by atoms with Crippen LogP contribution in [-0.4, -0.2) is 44.9 Å². The van der Waals surface area contributed by atoms with E-state index in [-0.39, 0.29) is 5.56 Å². The van der Waals surface area contributed by atoms with E-state index in [1.807, 2.05) is 24.3 Å². The Kier molecular flexibility index (Phi) is 6.20. The van der Waals surface area contributed by atoms with Gasteiger partial charge in [0, 0.05) is 43.6 Å². The highest BCUT2D eigenvalue weighted by atomic mass is 16.5. The van der Waals surface area contributed by atoms with E-state index in [9.17, 15) is 9.59 Å². The SMILES string of the molecule is Cc1cc(-c2nc3cc(CNC(C)C(=O)O)ccc3n2CC2CCOCC2)c[nH]c1=O. The van der Waals surface area contributed by atoms with E-state index in [4.69, 9.17) is 14.8 Å². The smallest absolute Gasteiger partial charge is 0.320 e. The van der Waals surface area contributed by atoms with Crippen molar-refractivity contribution in [3.63, 3.8) is 0 Å². The molecule has 1 unspecified atom stereocenters. The number of carbonyl (C=O) groups is 1. The molecule has 31 heavy (non-hydrogen) atoms. The standard InChI is InChI=1S/C23H28N4O4/c1-14-9-18(12-25-22(14)28)21-26-19-10-17(11-24-15(2)23(29)30)3-4-20(19)27(21)13-16-5-7-31-8-6-16/h3-4,9-10,12,15-16,24H,5-8,11,13H2,1-2H3,(H,25,28)(H,29,30). The van der Waals surface area contributed by atoms with Gasteiger partial charge in [0.2, 0.25) is 0 Å². The van der Waals surface area contributed by atoms with Crippen molar-refractivity contribution in [3.05, 3.63) is 51.9 Å². The lowest BCUT2D eigenvalue weighted by molar-refractivity contribution is -0.139. The molecule has 0 aliphatic carbocycles. The van der Waals surface area contributed by atoms with Crippen LogP contribution in [0.25, 0.3) is 22.4 Å². The molecule has 3 aromatic rings. The van der Waals surface area contributed by atoms with Gasteiger partial charge in [0.15, 0.2) is 0 Å². The van der Waals surface area contributed by atoms with Gasteiger partial charge >= 0.3 is 5.97 Å². The van der Waals surface area contributed by atoms with E-state index < -0.39 is 12.0 Å². The van der Waals surface area contributed by atoms with Crippen molar-refractivity contribution in [2.75, 3.05) is 13.2 Å². The molecule has 3 N–H and O–H groups in total. The van der Waals surface area contributed by atoms with E-state index in [0.29, 0.717) is 18.0 Å². The zero-order chi connectivity index (χ0) is 22.0. The minimum absolute atomic E-state index is 0.100. The van der Waals surface area contributed by atoms with Crippen LogP contribution in [0.4, 0.5) is 0 Å². The number of carboxylic acid groups (broad SMARTS) is 1. The van der Waals surface area contributed by atoms with Crippen LogP contribution in [0.15, 0.2) is 35.3 Å². The maximum atomic E-state index is 11.9. The average Bonchev–Trinajstić information content (AvgIpc) is 3.12. The summed E-state index contributed by atoms with van der Waals surface area (Å²) >= 11 is 0. The Balaban J connectivity index is 1.72. The maximum Gasteiger partial charge on any atom is 0.320 e. The number of aryl methyl sites for hydroxylation is 1. The summed E-state index contributed by atoms with van der Waals surface area (Å²) in [6, 6.07) is 7.30. The molecule has 3 heterocycles. The highest BCUT2D eigenvalue weighted by molar-refractivity contribution is 5.81. The summed E-state index contributed by atoms with van der Waals surface area (Å²) in [4.78, 5) is 30.6. The fourth-order valence-corrected chi connectivity index (χ4v) is 3.96. The number of benzene rings is 1. The van der Waals surface area contributed by atoms with Crippen LogP contribution < -0.4 is 10.9 Å². The lowest BCUT2D eigenvalue weighted by Crippen LogP contribution is -2.33. The molecule has 8 nitrogen and oxygen atoms in total. The van der Waals surface area contributed by atoms with E-state index >= 15 is 0 Å². The number of aliphatic carboxylic acids is 1. The van der Waals surface area contributed by atoms with Crippen molar-refractivity contribution >= 4 is 17.0 Å². The number of aromatic amines is 1. The third-order valence-electron chi connectivity index (χ3n) is 5.92. The number of imidazole rings is 1. The molecular weight excluding hydrogens is 396 g/mol. The Labute approximate surface area is 180 Å². The van der Waals surface area contributed by atoms with Crippen LogP contribution in [0.5, 0.6) is 0 Å². The van der Waals surface area contributed by atoms with Crippen LogP contribution in [0.2, 0.25) is 0 Å². The average molecular weight is 425 g/mol. The van der Waals surface area contributed by atoms with Crippen molar-refractivity contribution < 1.29 is 14.6 Å². The number of H-pyrrole nitrogens is 1. The minimum Gasteiger partial charge on any atom is -0.480 e. The number of carboxylic acids is 1. The summed E-state index contributed by atoms with van der Waals surface area (Å²) in [6.45, 7) is 6.26. The molecular formula is C23H28N4O4. The number of nitrogens with zero attached hydrogens (tertiary/aromatic N) is 2. The van der Waals surface area contributed by atoms with Crippen molar-refractivity contribution in [2.45, 2.75) is 45.8 Å². The molecule has 1 aromatic carbocycles. The highest BCUT2D eigenvalue weighted by Gasteiger charge is 2.20. The third-order valence-corrected chi connectivity index (χ3v) is 5.92. The Hall–Kier alpha value is -2.97. The predicted molar refractivity (Wildman–Crippen MR) is 118 cm³/mol. The van der Waals surface area contributed by atoms with E-state index in [1.165, 1.54) is 0 Å². The first-order valence-electron chi connectivity index (χ1n) is 10.6. The first-order chi connectivity index (χ1) is 14.9. The van der Waals surface area contributed by atoms with E-state index in [2.05, 4.69) is 14.9 Å². The molecule has 1 atom stereocenters. The quantitative estimate of drug-likeness (QED) is 0.538. The number of pyridine rings is 1. The predicted octanol–water partition coefficient (Wildman–Crippen LogP) is 2.69. The van der Waals surface area contributed by atoms with E-state index in [1.54, 1.807) is 20.0 Å². The Morgan fingerprint density at radius 3 is 2.84 bits per heavy atom. The molecule has 1 aliphatic rings. The fourth-order valence-electron chi connectivity index (χ4n) is 3.96. The van der Waals surface area contributed by atoms with Gasteiger partial charge in [0.05, 0.1) is 11.0 Å². The van der Waals surface area contributed by atoms with Crippen molar-refractivity contribution in [1.29, 1.82) is 0 Å². The summed E-state index contributed by atoms with van der Waals surface area (Å²) in [5, 5.41) is 12.1. The Morgan fingerprint density at radius 1 is 1.35 bits per heavy atom. The summed E-state index contributed by atoms with van der Waals surface area (Å²) in [5.41, 5.74) is 4.28. The van der Waals surface area contributed by atoms with Crippen LogP contribution in [0.3, 0.4) is 0 Å².